The lowest BCUT2D eigenvalue weighted by Crippen LogP contribution is -2.02. The molecule has 4 aromatic rings. The van der Waals surface area contributed by atoms with Gasteiger partial charge in [0.05, 0.1) is 18.2 Å². The molecule has 4 rings (SSSR count). The lowest BCUT2D eigenvalue weighted by molar-refractivity contribution is 0.0601. The highest BCUT2D eigenvalue weighted by atomic mass is 32.1. The molecule has 0 atom stereocenters. The third-order valence-corrected chi connectivity index (χ3v) is 4.85. The maximum absolute atomic E-state index is 11.9. The van der Waals surface area contributed by atoms with Crippen LogP contribution in [0, 0.1) is 0 Å². The second-order valence-electron chi connectivity index (χ2n) is 5.46. The van der Waals surface area contributed by atoms with Crippen molar-refractivity contribution in [2.45, 2.75) is 6.54 Å². The lowest BCUT2D eigenvalue weighted by atomic mass is 10.1. The van der Waals surface area contributed by atoms with E-state index in [-0.39, 0.29) is 5.97 Å². The summed E-state index contributed by atoms with van der Waals surface area (Å²) in [6, 6.07) is 16.2. The molecule has 0 bridgehead atoms. The van der Waals surface area contributed by atoms with Crippen LogP contribution in [0.4, 0.5) is 0 Å². The molecule has 3 nitrogen and oxygen atoms in total. The molecule has 2 aromatic heterocycles. The van der Waals surface area contributed by atoms with Gasteiger partial charge in [0.25, 0.3) is 0 Å². The summed E-state index contributed by atoms with van der Waals surface area (Å²) in [4.78, 5) is 11.9. The minimum atomic E-state index is -0.306. The number of nitrogens with zero attached hydrogens (tertiary/aromatic N) is 1. The average molecular weight is 321 g/mol. The zero-order valence-corrected chi connectivity index (χ0v) is 13.5. The molecule has 0 N–H and O–H groups in total. The second kappa shape index (κ2) is 5.56. The molecule has 23 heavy (non-hydrogen) atoms. The first kappa shape index (κ1) is 14.0. The number of thiophene rings is 1. The second-order valence-corrected chi connectivity index (χ2v) is 6.24. The van der Waals surface area contributed by atoms with Crippen LogP contribution >= 0.6 is 11.3 Å². The molecular formula is C19H15NO2S. The molecule has 4 heteroatoms. The van der Waals surface area contributed by atoms with E-state index in [2.05, 4.69) is 33.5 Å². The van der Waals surface area contributed by atoms with E-state index in [0.717, 1.165) is 17.4 Å². The third kappa shape index (κ3) is 2.32. The molecule has 0 fully saturated rings. The number of carbonyl (C=O) groups excluding carboxylic acids is 1. The van der Waals surface area contributed by atoms with Gasteiger partial charge in [-0.15, -0.1) is 0 Å². The van der Waals surface area contributed by atoms with Gasteiger partial charge < -0.3 is 9.30 Å². The molecule has 0 unspecified atom stereocenters. The van der Waals surface area contributed by atoms with Crippen LogP contribution in [0.2, 0.25) is 0 Å². The fourth-order valence-corrected chi connectivity index (χ4v) is 3.69. The lowest BCUT2D eigenvalue weighted by Gasteiger charge is -2.07. The highest BCUT2D eigenvalue weighted by molar-refractivity contribution is 7.07. The van der Waals surface area contributed by atoms with Gasteiger partial charge in [0.1, 0.15) is 0 Å². The first-order chi connectivity index (χ1) is 11.3. The maximum Gasteiger partial charge on any atom is 0.337 e. The van der Waals surface area contributed by atoms with Crippen molar-refractivity contribution in [3.63, 3.8) is 0 Å². The molecule has 0 saturated heterocycles. The van der Waals surface area contributed by atoms with E-state index in [9.17, 15) is 4.79 Å². The average Bonchev–Trinajstić information content (AvgIpc) is 3.21. The molecule has 114 valence electrons. The van der Waals surface area contributed by atoms with Crippen molar-refractivity contribution in [3.8, 4) is 0 Å². The minimum absolute atomic E-state index is 0.306. The van der Waals surface area contributed by atoms with Crippen LogP contribution in [0.5, 0.6) is 0 Å². The Labute approximate surface area is 137 Å². The van der Waals surface area contributed by atoms with Crippen LogP contribution in [0.15, 0.2) is 59.3 Å². The Hall–Kier alpha value is -2.59. The van der Waals surface area contributed by atoms with Crippen LogP contribution in [-0.4, -0.2) is 17.6 Å². The Kier molecular flexibility index (Phi) is 3.39. The fourth-order valence-electron chi connectivity index (χ4n) is 3.03. The molecule has 0 radical (unpaired) electrons. The molecule has 0 aliphatic heterocycles. The number of hydrogen-bond donors (Lipinski definition) is 0. The number of hydrogen-bond acceptors (Lipinski definition) is 3. The van der Waals surface area contributed by atoms with Crippen LogP contribution < -0.4 is 0 Å². The van der Waals surface area contributed by atoms with E-state index in [0.29, 0.717) is 5.56 Å². The quantitative estimate of drug-likeness (QED) is 0.513. The summed E-state index contributed by atoms with van der Waals surface area (Å²) in [7, 11) is 1.41. The number of para-hydroxylation sites is 1. The molecule has 0 amide bonds. The van der Waals surface area contributed by atoms with Crippen molar-refractivity contribution in [2.75, 3.05) is 7.11 Å². The summed E-state index contributed by atoms with van der Waals surface area (Å²) in [6.45, 7) is 0.790. The van der Waals surface area contributed by atoms with Gasteiger partial charge in [0.15, 0.2) is 0 Å². The summed E-state index contributed by atoms with van der Waals surface area (Å²) in [5.74, 6) is -0.306. The number of carbonyl (C=O) groups is 1. The van der Waals surface area contributed by atoms with Gasteiger partial charge in [0.2, 0.25) is 0 Å². The predicted octanol–water partition coefficient (Wildman–Crippen LogP) is 4.69. The molecule has 0 saturated carbocycles. The molecular weight excluding hydrogens is 306 g/mol. The van der Waals surface area contributed by atoms with Gasteiger partial charge in [0, 0.05) is 22.8 Å². The van der Waals surface area contributed by atoms with Crippen molar-refractivity contribution in [2.24, 2.45) is 0 Å². The van der Waals surface area contributed by atoms with E-state index in [4.69, 9.17) is 4.74 Å². The van der Waals surface area contributed by atoms with E-state index in [1.54, 1.807) is 11.3 Å². The third-order valence-electron chi connectivity index (χ3n) is 4.12. The van der Waals surface area contributed by atoms with Gasteiger partial charge in [-0.1, -0.05) is 24.3 Å². The van der Waals surface area contributed by atoms with E-state index >= 15 is 0 Å². The van der Waals surface area contributed by atoms with Gasteiger partial charge in [-0.3, -0.25) is 0 Å². The monoisotopic (exact) mass is 321 g/mol. The standard InChI is InChI=1S/C19H15NO2S/c1-22-19(21)14-6-7-16-15-4-2-3-5-17(15)20(18(16)10-14)11-13-8-9-23-12-13/h2-10,12H,11H2,1H3. The Bertz CT molecular complexity index is 999. The summed E-state index contributed by atoms with van der Waals surface area (Å²) in [5, 5.41) is 6.60. The SMILES string of the molecule is COC(=O)c1ccc2c3ccccc3n(Cc3ccsc3)c2c1. The normalized spacial score (nSPS) is 11.2. The Morgan fingerprint density at radius 2 is 1.91 bits per heavy atom. The zero-order chi connectivity index (χ0) is 15.8. The van der Waals surface area contributed by atoms with Crippen LogP contribution in [-0.2, 0) is 11.3 Å². The van der Waals surface area contributed by atoms with E-state index in [1.807, 2.05) is 30.3 Å². The Balaban J connectivity index is 2.00. The number of ether oxygens (including phenoxy) is 1. The smallest absolute Gasteiger partial charge is 0.337 e. The highest BCUT2D eigenvalue weighted by Crippen LogP contribution is 2.30. The molecule has 0 aliphatic rings. The van der Waals surface area contributed by atoms with Gasteiger partial charge in [-0.05, 0) is 40.6 Å². The minimum Gasteiger partial charge on any atom is -0.465 e. The Morgan fingerprint density at radius 3 is 2.70 bits per heavy atom. The number of rotatable bonds is 3. The number of methoxy groups -OCH3 is 1. The maximum atomic E-state index is 11.9. The number of benzene rings is 2. The number of esters is 1. The first-order valence-corrected chi connectivity index (χ1v) is 8.32. The summed E-state index contributed by atoms with van der Waals surface area (Å²) >= 11 is 1.70. The number of aromatic nitrogens is 1. The van der Waals surface area contributed by atoms with Crippen molar-refractivity contribution in [1.82, 2.24) is 4.57 Å². The summed E-state index contributed by atoms with van der Waals surface area (Å²) < 4.78 is 7.12. The highest BCUT2D eigenvalue weighted by Gasteiger charge is 2.14. The van der Waals surface area contributed by atoms with Crippen molar-refractivity contribution >= 4 is 39.1 Å². The zero-order valence-electron chi connectivity index (χ0n) is 12.7. The van der Waals surface area contributed by atoms with Crippen LogP contribution in [0.25, 0.3) is 21.8 Å². The topological polar surface area (TPSA) is 31.2 Å². The first-order valence-electron chi connectivity index (χ1n) is 7.38. The van der Waals surface area contributed by atoms with Gasteiger partial charge in [-0.2, -0.15) is 11.3 Å². The van der Waals surface area contributed by atoms with E-state index in [1.165, 1.54) is 23.6 Å². The van der Waals surface area contributed by atoms with Gasteiger partial charge in [-0.25, -0.2) is 4.79 Å². The largest absolute Gasteiger partial charge is 0.465 e. The summed E-state index contributed by atoms with van der Waals surface area (Å²) in [6.07, 6.45) is 0. The van der Waals surface area contributed by atoms with Gasteiger partial charge >= 0.3 is 5.97 Å². The molecule has 0 aliphatic carbocycles. The molecule has 2 aromatic carbocycles. The van der Waals surface area contributed by atoms with Crippen molar-refractivity contribution in [1.29, 1.82) is 0 Å². The Morgan fingerprint density at radius 1 is 1.09 bits per heavy atom. The summed E-state index contributed by atoms with van der Waals surface area (Å²) in [5.41, 5.74) is 4.08. The molecule has 2 heterocycles. The van der Waals surface area contributed by atoms with E-state index < -0.39 is 0 Å². The number of fused-ring (bicyclic) bond motifs is 3. The van der Waals surface area contributed by atoms with Crippen LogP contribution in [0.1, 0.15) is 15.9 Å². The predicted molar refractivity (Wildman–Crippen MR) is 94.2 cm³/mol. The van der Waals surface area contributed by atoms with Crippen molar-refractivity contribution in [3.05, 3.63) is 70.4 Å². The van der Waals surface area contributed by atoms with Crippen molar-refractivity contribution < 1.29 is 9.53 Å². The fraction of sp³-hybridized carbons (Fsp3) is 0.105. The molecule has 0 spiro atoms. The van der Waals surface area contributed by atoms with Crippen LogP contribution in [0.3, 0.4) is 0 Å².